The summed E-state index contributed by atoms with van der Waals surface area (Å²) in [6, 6.07) is 7.71. The lowest BCUT2D eigenvalue weighted by atomic mass is 10.1. The summed E-state index contributed by atoms with van der Waals surface area (Å²) in [4.78, 5) is 28.2. The van der Waals surface area contributed by atoms with Crippen LogP contribution in [-0.2, 0) is 6.42 Å². The third-order valence-corrected chi connectivity index (χ3v) is 4.10. The van der Waals surface area contributed by atoms with E-state index in [9.17, 15) is 9.59 Å². The number of aromatic amines is 1. The number of carbonyl (C=O) groups is 2. The Bertz CT molecular complexity index is 673. The van der Waals surface area contributed by atoms with Crippen molar-refractivity contribution in [1.29, 1.82) is 0 Å². The molecule has 2 aromatic rings. The van der Waals surface area contributed by atoms with Crippen LogP contribution in [0.2, 0.25) is 0 Å². The van der Waals surface area contributed by atoms with Crippen molar-refractivity contribution < 1.29 is 9.59 Å². The Hall–Kier alpha value is -2.70. The van der Waals surface area contributed by atoms with Gasteiger partial charge in [0.05, 0.1) is 6.20 Å². The molecule has 120 valence electrons. The second-order valence-electron chi connectivity index (χ2n) is 5.49. The molecule has 1 N–H and O–H groups in total. The van der Waals surface area contributed by atoms with Gasteiger partial charge in [-0.15, -0.1) is 0 Å². The van der Waals surface area contributed by atoms with Gasteiger partial charge in [0.1, 0.15) is 0 Å². The van der Waals surface area contributed by atoms with Crippen LogP contribution in [0.1, 0.15) is 33.3 Å². The van der Waals surface area contributed by atoms with E-state index in [0.717, 1.165) is 6.42 Å². The lowest BCUT2D eigenvalue weighted by Crippen LogP contribution is -2.50. The first-order valence-electron chi connectivity index (χ1n) is 7.72. The van der Waals surface area contributed by atoms with Crippen LogP contribution in [-0.4, -0.2) is 63.2 Å². The van der Waals surface area contributed by atoms with E-state index in [-0.39, 0.29) is 11.8 Å². The van der Waals surface area contributed by atoms with Crippen molar-refractivity contribution in [3.8, 4) is 0 Å². The van der Waals surface area contributed by atoms with E-state index in [1.54, 1.807) is 9.80 Å². The third-order valence-electron chi connectivity index (χ3n) is 4.10. The molecule has 1 fully saturated rings. The van der Waals surface area contributed by atoms with Gasteiger partial charge in [-0.05, 0) is 24.1 Å². The van der Waals surface area contributed by atoms with Crippen molar-refractivity contribution in [1.82, 2.24) is 25.2 Å². The largest absolute Gasteiger partial charge is 0.335 e. The summed E-state index contributed by atoms with van der Waals surface area (Å²) in [5.41, 5.74) is 2.21. The molecule has 7 nitrogen and oxygen atoms in total. The molecule has 1 saturated heterocycles. The minimum atomic E-state index is -0.154. The molecule has 7 heteroatoms. The maximum atomic E-state index is 12.5. The van der Waals surface area contributed by atoms with E-state index in [1.165, 1.54) is 11.8 Å². The zero-order chi connectivity index (χ0) is 16.2. The predicted molar refractivity (Wildman–Crippen MR) is 84.0 cm³/mol. The number of carbonyl (C=O) groups excluding carboxylic acids is 2. The van der Waals surface area contributed by atoms with Crippen molar-refractivity contribution in [2.24, 2.45) is 0 Å². The SMILES string of the molecule is CCc1ccc(C(=O)N2CCN(C(=O)c3cn[nH]n3)CC2)cc1. The summed E-state index contributed by atoms with van der Waals surface area (Å²) >= 11 is 0. The van der Waals surface area contributed by atoms with Crippen molar-refractivity contribution in [3.05, 3.63) is 47.3 Å². The van der Waals surface area contributed by atoms with Crippen LogP contribution < -0.4 is 0 Å². The summed E-state index contributed by atoms with van der Waals surface area (Å²) in [5.74, 6) is -0.140. The highest BCUT2D eigenvalue weighted by molar-refractivity contribution is 5.95. The average molecular weight is 313 g/mol. The molecule has 0 aliphatic carbocycles. The molecule has 23 heavy (non-hydrogen) atoms. The molecule has 0 bridgehead atoms. The van der Waals surface area contributed by atoms with E-state index in [1.807, 2.05) is 24.3 Å². The highest BCUT2D eigenvalue weighted by Gasteiger charge is 2.26. The normalized spacial score (nSPS) is 14.8. The number of nitrogens with one attached hydrogen (secondary N) is 1. The van der Waals surface area contributed by atoms with Gasteiger partial charge >= 0.3 is 0 Å². The van der Waals surface area contributed by atoms with Crippen molar-refractivity contribution in [2.45, 2.75) is 13.3 Å². The number of benzene rings is 1. The number of hydrogen-bond donors (Lipinski definition) is 1. The van der Waals surface area contributed by atoms with Crippen molar-refractivity contribution >= 4 is 11.8 Å². The van der Waals surface area contributed by atoms with Gasteiger partial charge in [-0.3, -0.25) is 9.59 Å². The van der Waals surface area contributed by atoms with E-state index < -0.39 is 0 Å². The van der Waals surface area contributed by atoms with Crippen molar-refractivity contribution in [2.75, 3.05) is 26.2 Å². The van der Waals surface area contributed by atoms with Crippen LogP contribution in [0.4, 0.5) is 0 Å². The Kier molecular flexibility index (Phi) is 4.36. The highest BCUT2D eigenvalue weighted by atomic mass is 16.2. The minimum Gasteiger partial charge on any atom is -0.335 e. The molecular formula is C16H19N5O2. The molecule has 3 rings (SSSR count). The fraction of sp³-hybridized carbons (Fsp3) is 0.375. The Labute approximate surface area is 134 Å². The van der Waals surface area contributed by atoms with Crippen LogP contribution in [0.5, 0.6) is 0 Å². The molecule has 0 radical (unpaired) electrons. The van der Waals surface area contributed by atoms with E-state index in [0.29, 0.717) is 37.4 Å². The average Bonchev–Trinajstić information content (AvgIpc) is 3.15. The zero-order valence-electron chi connectivity index (χ0n) is 13.0. The molecule has 2 amide bonds. The van der Waals surface area contributed by atoms with Crippen LogP contribution >= 0.6 is 0 Å². The van der Waals surface area contributed by atoms with Gasteiger partial charge in [0.25, 0.3) is 11.8 Å². The second-order valence-corrected chi connectivity index (χ2v) is 5.49. The van der Waals surface area contributed by atoms with Gasteiger partial charge in [0.15, 0.2) is 5.69 Å². The van der Waals surface area contributed by atoms with E-state index >= 15 is 0 Å². The van der Waals surface area contributed by atoms with Gasteiger partial charge in [0, 0.05) is 31.7 Å². The number of H-pyrrole nitrogens is 1. The number of nitrogens with zero attached hydrogens (tertiary/aromatic N) is 4. The molecule has 1 aromatic heterocycles. The van der Waals surface area contributed by atoms with Crippen molar-refractivity contribution in [3.63, 3.8) is 0 Å². The second kappa shape index (κ2) is 6.60. The number of rotatable bonds is 3. The topological polar surface area (TPSA) is 82.2 Å². The number of aryl methyl sites for hydroxylation is 1. The molecule has 2 heterocycles. The zero-order valence-corrected chi connectivity index (χ0v) is 13.0. The Morgan fingerprint density at radius 1 is 1.04 bits per heavy atom. The van der Waals surface area contributed by atoms with Crippen LogP contribution in [0.25, 0.3) is 0 Å². The maximum absolute atomic E-state index is 12.5. The maximum Gasteiger partial charge on any atom is 0.276 e. The molecule has 0 atom stereocenters. The van der Waals surface area contributed by atoms with Crippen LogP contribution in [0.3, 0.4) is 0 Å². The Morgan fingerprint density at radius 3 is 2.17 bits per heavy atom. The van der Waals surface area contributed by atoms with Gasteiger partial charge in [-0.2, -0.15) is 15.4 Å². The minimum absolute atomic E-state index is 0.0150. The molecular weight excluding hydrogens is 294 g/mol. The standard InChI is InChI=1S/C16H19N5O2/c1-2-12-3-5-13(6-4-12)15(22)20-7-9-21(10-8-20)16(23)14-11-17-19-18-14/h3-6,11H,2,7-10H2,1H3,(H,17,18,19). The molecule has 0 saturated carbocycles. The lowest BCUT2D eigenvalue weighted by molar-refractivity contribution is 0.0532. The van der Waals surface area contributed by atoms with E-state index in [2.05, 4.69) is 22.3 Å². The van der Waals surface area contributed by atoms with Gasteiger partial charge < -0.3 is 9.80 Å². The van der Waals surface area contributed by atoms with Crippen LogP contribution in [0, 0.1) is 0 Å². The smallest absolute Gasteiger partial charge is 0.276 e. The first-order chi connectivity index (χ1) is 11.2. The predicted octanol–water partition coefficient (Wildman–Crippen LogP) is 0.965. The fourth-order valence-electron chi connectivity index (χ4n) is 2.64. The fourth-order valence-corrected chi connectivity index (χ4v) is 2.64. The Morgan fingerprint density at radius 2 is 1.65 bits per heavy atom. The number of piperazine rings is 1. The summed E-state index contributed by atoms with van der Waals surface area (Å²) < 4.78 is 0. The number of hydrogen-bond acceptors (Lipinski definition) is 4. The molecule has 0 spiro atoms. The quantitative estimate of drug-likeness (QED) is 0.915. The summed E-state index contributed by atoms with van der Waals surface area (Å²) in [5, 5.41) is 9.88. The monoisotopic (exact) mass is 313 g/mol. The molecule has 1 aliphatic rings. The summed E-state index contributed by atoms with van der Waals surface area (Å²) in [7, 11) is 0. The van der Waals surface area contributed by atoms with Crippen LogP contribution in [0.15, 0.2) is 30.5 Å². The first kappa shape index (κ1) is 15.2. The van der Waals surface area contributed by atoms with Gasteiger partial charge in [0.2, 0.25) is 0 Å². The molecule has 1 aromatic carbocycles. The van der Waals surface area contributed by atoms with E-state index in [4.69, 9.17) is 0 Å². The highest BCUT2D eigenvalue weighted by Crippen LogP contribution is 2.12. The number of aromatic nitrogens is 3. The summed E-state index contributed by atoms with van der Waals surface area (Å²) in [6.07, 6.45) is 2.37. The summed E-state index contributed by atoms with van der Waals surface area (Å²) in [6.45, 7) is 4.15. The first-order valence-corrected chi connectivity index (χ1v) is 7.72. The molecule has 0 unspecified atom stereocenters. The Balaban J connectivity index is 1.59. The van der Waals surface area contributed by atoms with Gasteiger partial charge in [-0.25, -0.2) is 0 Å². The molecule has 1 aliphatic heterocycles. The number of amides is 2. The lowest BCUT2D eigenvalue weighted by Gasteiger charge is -2.34. The van der Waals surface area contributed by atoms with Gasteiger partial charge in [-0.1, -0.05) is 19.1 Å². The third kappa shape index (κ3) is 3.23.